The molecule has 46 heteroatoms. The highest BCUT2D eigenvalue weighted by Crippen LogP contribution is 2.12. The van der Waals surface area contributed by atoms with Crippen molar-refractivity contribution in [3.63, 3.8) is 0 Å². The van der Waals surface area contributed by atoms with E-state index < -0.39 is 128 Å². The third-order valence-corrected chi connectivity index (χ3v) is 18.3. The van der Waals surface area contributed by atoms with Gasteiger partial charge in [-0.15, -0.1) is 19.7 Å². The van der Waals surface area contributed by atoms with Crippen LogP contribution in [0.3, 0.4) is 0 Å². The van der Waals surface area contributed by atoms with E-state index in [1.807, 2.05) is 41.5 Å². The molecule has 0 aliphatic carbocycles. The van der Waals surface area contributed by atoms with Crippen LogP contribution in [0.2, 0.25) is 0 Å². The molecule has 23 unspecified atom stereocenters. The molecule has 0 radical (unpaired) electrons. The van der Waals surface area contributed by atoms with Crippen molar-refractivity contribution in [2.75, 3.05) is 325 Å². The lowest BCUT2D eigenvalue weighted by atomic mass is 10.2. The number of aliphatic hydroxyl groups is 17. The Morgan fingerprint density at radius 2 is 0.416 bits per heavy atom. The van der Waals surface area contributed by atoms with Gasteiger partial charge in [-0.1, -0.05) is 75.7 Å². The number of carbonyl (C=O) groups excluding carboxylic acids is 1. The first-order chi connectivity index (χ1) is 65.8. The molecule has 0 saturated carbocycles. The molecule has 0 aliphatic heterocycles. The van der Waals surface area contributed by atoms with Gasteiger partial charge in [-0.25, -0.2) is 0 Å². The molecule has 824 valence electrons. The second-order valence-corrected chi connectivity index (χ2v) is 32.3. The summed E-state index contributed by atoms with van der Waals surface area (Å²) in [5.74, 6) is -0.116. The van der Waals surface area contributed by atoms with Gasteiger partial charge in [0.15, 0.2) is 0 Å². The largest absolute Gasteiger partial charge is 0.469 e. The van der Waals surface area contributed by atoms with E-state index in [0.717, 1.165) is 0 Å². The Morgan fingerprint density at radius 1 is 0.241 bits per heavy atom. The van der Waals surface area contributed by atoms with Crippen LogP contribution in [0.1, 0.15) is 80.6 Å². The van der Waals surface area contributed by atoms with E-state index in [-0.39, 0.29) is 262 Å². The smallest absolute Gasteiger partial charge is 0.302 e. The fourth-order valence-electron chi connectivity index (χ4n) is 9.65. The Hall–Kier alpha value is -2.55. The Labute approximate surface area is 821 Å². The van der Waals surface area contributed by atoms with Gasteiger partial charge in [-0.2, -0.15) is 0 Å². The van der Waals surface area contributed by atoms with E-state index >= 15 is 0 Å². The second kappa shape index (κ2) is 106. The minimum Gasteiger partial charge on any atom is -0.469 e. The number of esters is 1. The van der Waals surface area contributed by atoms with Crippen molar-refractivity contribution in [1.29, 1.82) is 0 Å². The monoisotopic (exact) mass is 2080 g/mol. The van der Waals surface area contributed by atoms with Crippen molar-refractivity contribution >= 4 is 21.9 Å². The van der Waals surface area contributed by atoms with E-state index in [0.29, 0.717) is 77.1 Å². The number of hydrogen-bond acceptors (Lipinski definition) is 45. The van der Waals surface area contributed by atoms with Crippen LogP contribution >= 0.6 is 15.9 Å². The normalized spacial score (nSPS) is 16.7. The Kier molecular flexibility index (Phi) is 111. The molecule has 0 aromatic rings. The predicted molar refractivity (Wildman–Crippen MR) is 505 cm³/mol. The summed E-state index contributed by atoms with van der Waals surface area (Å²) in [5, 5.41) is 164. The van der Waals surface area contributed by atoms with Crippen molar-refractivity contribution in [3.8, 4) is 0 Å². The highest BCUT2D eigenvalue weighted by atomic mass is 79.9. The zero-order valence-corrected chi connectivity index (χ0v) is 85.3. The molecule has 0 aromatic heterocycles. The number of alkyl halides is 1. The van der Waals surface area contributed by atoms with Gasteiger partial charge in [0, 0.05) is 46.6 Å². The summed E-state index contributed by atoms with van der Waals surface area (Å²) in [6, 6.07) is 0. The van der Waals surface area contributed by atoms with Crippen LogP contribution in [0.25, 0.3) is 0 Å². The molecule has 0 spiro atoms. The molecule has 0 aliphatic rings. The fourth-order valence-corrected chi connectivity index (χ4v) is 9.83. The number of halogens is 1. The topological polar surface area (TPSA) is 610 Å². The van der Waals surface area contributed by atoms with Crippen molar-refractivity contribution in [3.05, 3.63) is 38.0 Å². The van der Waals surface area contributed by atoms with E-state index in [1.54, 1.807) is 32.4 Å². The number of aliphatic hydroxyl groups excluding tert-OH is 17. The molecule has 0 amide bonds. The summed E-state index contributed by atoms with van der Waals surface area (Å²) in [6.45, 7) is 27.9. The van der Waals surface area contributed by atoms with Gasteiger partial charge in [0.1, 0.15) is 97.7 Å². The Bertz CT molecular complexity index is 2370. The van der Waals surface area contributed by atoms with E-state index in [9.17, 15) is 76.3 Å². The van der Waals surface area contributed by atoms with Gasteiger partial charge < -0.3 is 215 Å². The highest BCUT2D eigenvalue weighted by Gasteiger charge is 2.25. The SMILES string of the molecule is C=CCOCC(O)COCC(COC)OCC(COCC(O)COCC=C)OCC(O)COCC=C.CCC(O)COCC(C)COCC(COC)OCC(COCC(O)COCC(O)CC)OCC(O)COCC(O)CC.CCC(O)COCC(O)COCC(COC)OCC(COCC(O)COCC(O)CBr)OCC(O)COCC(O)CC.COC(C)=O.COCC(CO)OCC(O)CO. The van der Waals surface area contributed by atoms with Gasteiger partial charge in [-0.3, -0.25) is 4.79 Å². The van der Waals surface area contributed by atoms with Crippen LogP contribution < -0.4 is 0 Å². The fraction of sp³-hybridized carbons (Fsp3) is 0.923. The van der Waals surface area contributed by atoms with Crippen LogP contribution in [0.5, 0.6) is 0 Å². The van der Waals surface area contributed by atoms with Gasteiger partial charge in [0.25, 0.3) is 0 Å². The van der Waals surface area contributed by atoms with Crippen LogP contribution in [0.15, 0.2) is 38.0 Å². The molecular weight excluding hydrogens is 1890 g/mol. The quantitative estimate of drug-likeness (QED) is 0.0132. The maximum Gasteiger partial charge on any atom is 0.302 e. The molecule has 17 N–H and O–H groups in total. The lowest BCUT2D eigenvalue weighted by molar-refractivity contribution is -0.137. The summed E-state index contributed by atoms with van der Waals surface area (Å²) in [6.07, 6.45) is -7.18. The van der Waals surface area contributed by atoms with Crippen LogP contribution in [-0.2, 0) is 133 Å². The van der Waals surface area contributed by atoms with Gasteiger partial charge >= 0.3 is 5.97 Å². The molecule has 137 heavy (non-hydrogen) atoms. The van der Waals surface area contributed by atoms with Gasteiger partial charge in [-0.05, 0) is 32.1 Å². The third-order valence-electron chi connectivity index (χ3n) is 17.5. The molecule has 0 aromatic carbocycles. The molecule has 23 atom stereocenters. The average Bonchev–Trinajstić information content (AvgIpc) is 0.949. The molecule has 0 saturated heterocycles. The van der Waals surface area contributed by atoms with Crippen molar-refractivity contribution in [2.45, 2.75) is 215 Å². The molecular formula is C91H183BrO45. The standard InChI is InChI=1S/C29H60O13.C27H55BrO14.C25H46O11.C7H16O5.C3H6O2/c1-6-23(30)11-36-9-22(4)10-37-19-28(18-35-5)42-21-29(41-17-27(34)16-39-13-25(32)8-3)20-40-15-26(33)14-38-12-24(31)7-2;1-4-20(29)7-36-10-23(32)12-39-17-26(16-35-3)42-19-27(41-15-25(34)14-37-8-21(30)5-2)18-40-13-24(33)11-38-9-22(31)6-28;1-5-8-30-11-21(26)14-33-18-24(17-29-4)36-20-25(35-16-23(28)13-32-10-7-3)19-34-15-22(27)12-31-9-6-2;1-11-5-7(3-9)12-4-6(10)2-8;1-3(4)5-2/h22-34H,6-21H2,1-5H3;20-27,29-34H,4-19H2,1-3H3;5-7,21-28H,1-3,8-20H2,4H3;6-10H,2-5H2,1H3;1-2H3. The Morgan fingerprint density at radius 3 is 0.628 bits per heavy atom. The first kappa shape index (κ1) is 143. The van der Waals surface area contributed by atoms with E-state index in [2.05, 4.69) is 40.4 Å². The minimum absolute atomic E-state index is 0.000379. The summed E-state index contributed by atoms with van der Waals surface area (Å²) >= 11 is 3.14. The van der Waals surface area contributed by atoms with E-state index in [4.69, 9.17) is 138 Å². The van der Waals surface area contributed by atoms with Crippen LogP contribution in [-0.4, -0.2) is 552 Å². The molecule has 45 nitrogen and oxygen atoms in total. The number of carbonyl (C=O) groups is 1. The molecule has 0 rings (SSSR count). The maximum atomic E-state index is 10.2. The summed E-state index contributed by atoms with van der Waals surface area (Å²) in [4.78, 5) is 9.59. The van der Waals surface area contributed by atoms with E-state index in [1.165, 1.54) is 28.3 Å². The van der Waals surface area contributed by atoms with Gasteiger partial charge in [0.05, 0.1) is 328 Å². The minimum atomic E-state index is -0.948. The van der Waals surface area contributed by atoms with Crippen molar-refractivity contribution in [1.82, 2.24) is 0 Å². The van der Waals surface area contributed by atoms with Crippen molar-refractivity contribution < 1.29 is 220 Å². The summed E-state index contributed by atoms with van der Waals surface area (Å²) in [7, 11) is 7.47. The Balaban J connectivity index is -0.000000584. The summed E-state index contributed by atoms with van der Waals surface area (Å²) < 4.78 is 146. The number of ether oxygens (including phenoxy) is 27. The average molecular weight is 2080 g/mol. The summed E-state index contributed by atoms with van der Waals surface area (Å²) in [5.41, 5.74) is 0. The lowest BCUT2D eigenvalue weighted by Gasteiger charge is -2.24. The lowest BCUT2D eigenvalue weighted by Crippen LogP contribution is -2.36. The van der Waals surface area contributed by atoms with Gasteiger partial charge in [0.2, 0.25) is 0 Å². The number of methoxy groups -OCH3 is 5. The zero-order valence-electron chi connectivity index (χ0n) is 83.7. The zero-order chi connectivity index (χ0) is 104. The molecule has 0 heterocycles. The number of hydrogen-bond donors (Lipinski definition) is 17. The van der Waals surface area contributed by atoms with Crippen LogP contribution in [0.4, 0.5) is 0 Å². The predicted octanol–water partition coefficient (Wildman–Crippen LogP) is -2.31. The first-order valence-corrected chi connectivity index (χ1v) is 47.7. The van der Waals surface area contributed by atoms with Crippen molar-refractivity contribution in [2.24, 2.45) is 5.92 Å². The highest BCUT2D eigenvalue weighted by molar-refractivity contribution is 9.09. The first-order valence-electron chi connectivity index (χ1n) is 46.5. The molecule has 0 bridgehead atoms. The van der Waals surface area contributed by atoms with Crippen LogP contribution in [0, 0.1) is 5.92 Å². The number of rotatable bonds is 97. The molecule has 0 fully saturated rings. The third kappa shape index (κ3) is 103. The second-order valence-electron chi connectivity index (χ2n) is 31.6. The maximum absolute atomic E-state index is 10.2.